The monoisotopic (exact) mass is 287 g/mol. The van der Waals surface area contributed by atoms with Gasteiger partial charge in [0, 0.05) is 11.3 Å². The molecule has 0 atom stereocenters. The Kier molecular flexibility index (Phi) is 4.58. The quantitative estimate of drug-likeness (QED) is 0.855. The highest BCUT2D eigenvalue weighted by atomic mass is 16.5. The number of aryl methyl sites for hydroxylation is 1. The molecule has 2 aromatic rings. The van der Waals surface area contributed by atoms with Crippen LogP contribution in [0, 0.1) is 0 Å². The van der Waals surface area contributed by atoms with Crippen molar-refractivity contribution in [1.82, 2.24) is 0 Å². The first kappa shape index (κ1) is 15.0. The van der Waals surface area contributed by atoms with Crippen LogP contribution in [0.5, 0.6) is 17.2 Å². The molecule has 0 aromatic heterocycles. The largest absolute Gasteiger partial charge is 0.493 e. The van der Waals surface area contributed by atoms with Crippen LogP contribution in [0.4, 0.5) is 5.69 Å². The van der Waals surface area contributed by atoms with Gasteiger partial charge >= 0.3 is 0 Å². The lowest BCUT2D eigenvalue weighted by Gasteiger charge is -2.17. The van der Waals surface area contributed by atoms with E-state index < -0.39 is 0 Å². The van der Waals surface area contributed by atoms with Crippen LogP contribution in [-0.2, 0) is 6.42 Å². The van der Waals surface area contributed by atoms with Crippen molar-refractivity contribution in [2.45, 2.75) is 13.3 Å². The average Bonchev–Trinajstić information content (AvgIpc) is 2.53. The van der Waals surface area contributed by atoms with E-state index in [4.69, 9.17) is 19.9 Å². The fourth-order valence-corrected chi connectivity index (χ4v) is 2.48. The molecule has 0 aliphatic rings. The molecule has 0 aliphatic heterocycles. The molecule has 0 amide bonds. The summed E-state index contributed by atoms with van der Waals surface area (Å²) in [6.07, 6.45) is 0.887. The van der Waals surface area contributed by atoms with Gasteiger partial charge in [-0.05, 0) is 41.8 Å². The van der Waals surface area contributed by atoms with Crippen LogP contribution in [0.25, 0.3) is 11.1 Å². The molecule has 2 rings (SSSR count). The summed E-state index contributed by atoms with van der Waals surface area (Å²) < 4.78 is 16.3. The number of anilines is 1. The topological polar surface area (TPSA) is 53.7 Å². The number of nitrogen functional groups attached to an aromatic ring is 1. The maximum absolute atomic E-state index is 5.88. The molecule has 112 valence electrons. The van der Waals surface area contributed by atoms with Crippen LogP contribution in [0.3, 0.4) is 0 Å². The van der Waals surface area contributed by atoms with E-state index in [0.29, 0.717) is 17.2 Å². The Morgan fingerprint density at radius 3 is 2.10 bits per heavy atom. The van der Waals surface area contributed by atoms with Gasteiger partial charge in [-0.3, -0.25) is 0 Å². The zero-order valence-corrected chi connectivity index (χ0v) is 12.9. The van der Waals surface area contributed by atoms with Gasteiger partial charge in [0.1, 0.15) is 0 Å². The third kappa shape index (κ3) is 2.75. The van der Waals surface area contributed by atoms with Crippen LogP contribution in [0.2, 0.25) is 0 Å². The molecule has 0 heterocycles. The molecule has 4 heteroatoms. The highest BCUT2D eigenvalue weighted by molar-refractivity contribution is 5.79. The molecule has 2 N–H and O–H groups in total. The second kappa shape index (κ2) is 6.39. The van der Waals surface area contributed by atoms with E-state index >= 15 is 0 Å². The maximum atomic E-state index is 5.88. The minimum absolute atomic E-state index is 0.594. The van der Waals surface area contributed by atoms with Gasteiger partial charge in [0.25, 0.3) is 0 Å². The molecule has 0 aliphatic carbocycles. The zero-order chi connectivity index (χ0) is 15.4. The number of hydrogen-bond donors (Lipinski definition) is 1. The van der Waals surface area contributed by atoms with Crippen molar-refractivity contribution in [3.05, 3.63) is 35.9 Å². The Morgan fingerprint density at radius 1 is 0.857 bits per heavy atom. The van der Waals surface area contributed by atoms with Gasteiger partial charge in [-0.15, -0.1) is 0 Å². The van der Waals surface area contributed by atoms with Crippen molar-refractivity contribution < 1.29 is 14.2 Å². The molecule has 0 saturated heterocycles. The molecular weight excluding hydrogens is 266 g/mol. The molecule has 0 bridgehead atoms. The van der Waals surface area contributed by atoms with Crippen molar-refractivity contribution in [3.8, 4) is 28.4 Å². The van der Waals surface area contributed by atoms with Gasteiger partial charge in [-0.25, -0.2) is 0 Å². The Hall–Kier alpha value is -2.36. The van der Waals surface area contributed by atoms with E-state index in [9.17, 15) is 0 Å². The predicted molar refractivity (Wildman–Crippen MR) is 85.3 cm³/mol. The van der Waals surface area contributed by atoms with Gasteiger partial charge in [-0.1, -0.05) is 13.0 Å². The highest BCUT2D eigenvalue weighted by Crippen LogP contribution is 2.45. The molecule has 0 saturated carbocycles. The van der Waals surface area contributed by atoms with Crippen molar-refractivity contribution in [3.63, 3.8) is 0 Å². The number of rotatable bonds is 5. The maximum Gasteiger partial charge on any atom is 0.203 e. The SMILES string of the molecule is CCc1cc(N)ccc1-c1ccc(OC)c(OC)c1OC. The number of ether oxygens (including phenoxy) is 3. The zero-order valence-electron chi connectivity index (χ0n) is 12.9. The first-order chi connectivity index (χ1) is 10.2. The fourth-order valence-electron chi connectivity index (χ4n) is 2.48. The smallest absolute Gasteiger partial charge is 0.203 e. The first-order valence-electron chi connectivity index (χ1n) is 6.84. The first-order valence-corrected chi connectivity index (χ1v) is 6.84. The van der Waals surface area contributed by atoms with Crippen molar-refractivity contribution in [1.29, 1.82) is 0 Å². The summed E-state index contributed by atoms with van der Waals surface area (Å²) in [5, 5.41) is 0. The summed E-state index contributed by atoms with van der Waals surface area (Å²) >= 11 is 0. The van der Waals surface area contributed by atoms with E-state index in [-0.39, 0.29) is 0 Å². The van der Waals surface area contributed by atoms with Gasteiger partial charge in [0.15, 0.2) is 11.5 Å². The molecule has 2 aromatic carbocycles. The Morgan fingerprint density at radius 2 is 1.52 bits per heavy atom. The number of nitrogens with two attached hydrogens (primary N) is 1. The van der Waals surface area contributed by atoms with Crippen LogP contribution in [0.1, 0.15) is 12.5 Å². The minimum Gasteiger partial charge on any atom is -0.493 e. The van der Waals surface area contributed by atoms with Gasteiger partial charge < -0.3 is 19.9 Å². The standard InChI is InChI=1S/C17H21NO3/c1-5-11-10-12(18)6-7-13(11)14-8-9-15(19-2)17(21-4)16(14)20-3/h6-10H,5,18H2,1-4H3. The lowest BCUT2D eigenvalue weighted by Crippen LogP contribution is -1.98. The van der Waals surface area contributed by atoms with Crippen LogP contribution in [-0.4, -0.2) is 21.3 Å². The second-order valence-corrected chi connectivity index (χ2v) is 4.65. The van der Waals surface area contributed by atoms with Crippen molar-refractivity contribution >= 4 is 5.69 Å². The third-order valence-electron chi connectivity index (χ3n) is 3.50. The average molecular weight is 287 g/mol. The van der Waals surface area contributed by atoms with E-state index in [0.717, 1.165) is 23.2 Å². The summed E-state index contributed by atoms with van der Waals surface area (Å²) in [6, 6.07) is 9.76. The highest BCUT2D eigenvalue weighted by Gasteiger charge is 2.18. The molecule has 0 fully saturated rings. The molecule has 0 spiro atoms. The third-order valence-corrected chi connectivity index (χ3v) is 3.50. The molecule has 0 unspecified atom stereocenters. The lowest BCUT2D eigenvalue weighted by atomic mass is 9.96. The van der Waals surface area contributed by atoms with Crippen LogP contribution in [0.15, 0.2) is 30.3 Å². The Bertz CT molecular complexity index is 638. The summed E-state index contributed by atoms with van der Waals surface area (Å²) in [6.45, 7) is 2.10. The molecule has 0 radical (unpaired) electrons. The molecule has 21 heavy (non-hydrogen) atoms. The Balaban J connectivity index is 2.69. The second-order valence-electron chi connectivity index (χ2n) is 4.65. The number of methoxy groups -OCH3 is 3. The molecular formula is C17H21NO3. The van der Waals surface area contributed by atoms with Crippen molar-refractivity contribution in [2.75, 3.05) is 27.1 Å². The van der Waals surface area contributed by atoms with E-state index in [1.54, 1.807) is 21.3 Å². The van der Waals surface area contributed by atoms with Crippen LogP contribution >= 0.6 is 0 Å². The normalized spacial score (nSPS) is 10.3. The van der Waals surface area contributed by atoms with Gasteiger partial charge in [0.05, 0.1) is 21.3 Å². The van der Waals surface area contributed by atoms with Gasteiger partial charge in [0.2, 0.25) is 5.75 Å². The molecule has 4 nitrogen and oxygen atoms in total. The Labute approximate surface area is 125 Å². The van der Waals surface area contributed by atoms with Crippen LogP contribution < -0.4 is 19.9 Å². The summed E-state index contributed by atoms with van der Waals surface area (Å²) in [7, 11) is 4.84. The number of benzene rings is 2. The minimum atomic E-state index is 0.594. The predicted octanol–water partition coefficient (Wildman–Crippen LogP) is 3.52. The van der Waals surface area contributed by atoms with E-state index in [1.165, 1.54) is 5.56 Å². The van der Waals surface area contributed by atoms with E-state index in [1.807, 2.05) is 30.3 Å². The summed E-state index contributed by atoms with van der Waals surface area (Å²) in [5.74, 6) is 1.90. The lowest BCUT2D eigenvalue weighted by molar-refractivity contribution is 0.325. The van der Waals surface area contributed by atoms with Crippen molar-refractivity contribution in [2.24, 2.45) is 0 Å². The summed E-state index contributed by atoms with van der Waals surface area (Å²) in [5.41, 5.74) is 9.86. The van der Waals surface area contributed by atoms with Gasteiger partial charge in [-0.2, -0.15) is 0 Å². The number of hydrogen-bond acceptors (Lipinski definition) is 4. The van der Waals surface area contributed by atoms with E-state index in [2.05, 4.69) is 6.92 Å². The summed E-state index contributed by atoms with van der Waals surface area (Å²) in [4.78, 5) is 0. The fraction of sp³-hybridized carbons (Fsp3) is 0.294.